The molecule has 3 rings (SSSR count). The van der Waals surface area contributed by atoms with Gasteiger partial charge in [0.2, 0.25) is 17.7 Å². The number of nitrogens with zero attached hydrogens (tertiary/aromatic N) is 3. The smallest absolute Gasteiger partial charge is 0.247 e. The first-order valence-electron chi connectivity index (χ1n) is 8.40. The predicted molar refractivity (Wildman–Crippen MR) is 97.5 cm³/mol. The molecule has 2 aromatic carbocycles. The van der Waals surface area contributed by atoms with Crippen LogP contribution in [0.25, 0.3) is 11.5 Å². The van der Waals surface area contributed by atoms with Crippen LogP contribution in [0.15, 0.2) is 59.0 Å². The Labute approximate surface area is 152 Å². The predicted octanol–water partition coefficient (Wildman–Crippen LogP) is 3.34. The molecular formula is C20H21N3O3. The summed E-state index contributed by atoms with van der Waals surface area (Å²) in [6.45, 7) is 0.523. The monoisotopic (exact) mass is 351 g/mol. The summed E-state index contributed by atoms with van der Waals surface area (Å²) in [5.41, 5.74) is 1.89. The molecule has 0 aliphatic carbocycles. The number of hydrogen-bond acceptors (Lipinski definition) is 5. The first kappa shape index (κ1) is 17.7. The Balaban J connectivity index is 1.54. The summed E-state index contributed by atoms with van der Waals surface area (Å²) in [5.74, 6) is 1.74. The minimum Gasteiger partial charge on any atom is -0.497 e. The highest BCUT2D eigenvalue weighted by Gasteiger charge is 2.13. The first-order valence-corrected chi connectivity index (χ1v) is 8.40. The number of carbonyl (C=O) groups is 1. The molecule has 0 spiro atoms. The zero-order valence-electron chi connectivity index (χ0n) is 14.9. The standard InChI is InChI=1S/C20H21N3O3/c1-23(14-15-7-6-10-17(13-15)25-2)19(24)12-11-18-21-22-20(26-18)16-8-4-3-5-9-16/h3-10,13H,11-12,14H2,1-2H3. The van der Waals surface area contributed by atoms with Crippen molar-refractivity contribution in [3.05, 3.63) is 66.1 Å². The van der Waals surface area contributed by atoms with Crippen molar-refractivity contribution in [1.29, 1.82) is 0 Å². The Morgan fingerprint density at radius 2 is 1.92 bits per heavy atom. The van der Waals surface area contributed by atoms with E-state index in [0.29, 0.717) is 31.2 Å². The minimum atomic E-state index is 0.0206. The van der Waals surface area contributed by atoms with Crippen LogP contribution in [0.1, 0.15) is 17.9 Å². The molecule has 1 heterocycles. The van der Waals surface area contributed by atoms with Gasteiger partial charge >= 0.3 is 0 Å². The van der Waals surface area contributed by atoms with E-state index in [1.165, 1.54) is 0 Å². The van der Waals surface area contributed by atoms with E-state index in [9.17, 15) is 4.79 Å². The first-order chi connectivity index (χ1) is 12.7. The van der Waals surface area contributed by atoms with Gasteiger partial charge in [-0.15, -0.1) is 10.2 Å². The second kappa shape index (κ2) is 8.29. The summed E-state index contributed by atoms with van der Waals surface area (Å²) >= 11 is 0. The van der Waals surface area contributed by atoms with Crippen LogP contribution in [-0.4, -0.2) is 35.2 Å². The lowest BCUT2D eigenvalue weighted by atomic mass is 10.2. The SMILES string of the molecule is COc1cccc(CN(C)C(=O)CCc2nnc(-c3ccccc3)o2)c1. The summed E-state index contributed by atoms with van der Waals surface area (Å²) in [6, 6.07) is 17.3. The average molecular weight is 351 g/mol. The highest BCUT2D eigenvalue weighted by molar-refractivity contribution is 5.76. The Morgan fingerprint density at radius 1 is 1.12 bits per heavy atom. The second-order valence-electron chi connectivity index (χ2n) is 5.97. The lowest BCUT2D eigenvalue weighted by Crippen LogP contribution is -2.26. The molecule has 3 aromatic rings. The topological polar surface area (TPSA) is 68.5 Å². The van der Waals surface area contributed by atoms with Crippen LogP contribution in [0.5, 0.6) is 5.75 Å². The number of methoxy groups -OCH3 is 1. The summed E-state index contributed by atoms with van der Waals surface area (Å²) < 4.78 is 10.8. The molecule has 1 aromatic heterocycles. The quantitative estimate of drug-likeness (QED) is 0.653. The molecule has 134 valence electrons. The molecular weight excluding hydrogens is 330 g/mol. The summed E-state index contributed by atoms with van der Waals surface area (Å²) in [5, 5.41) is 8.07. The fraction of sp³-hybridized carbons (Fsp3) is 0.250. The van der Waals surface area contributed by atoms with Gasteiger partial charge in [0.15, 0.2) is 0 Å². The fourth-order valence-corrected chi connectivity index (χ4v) is 2.59. The van der Waals surface area contributed by atoms with Gasteiger partial charge in [0, 0.05) is 32.0 Å². The van der Waals surface area contributed by atoms with Crippen LogP contribution < -0.4 is 4.74 Å². The summed E-state index contributed by atoms with van der Waals surface area (Å²) in [4.78, 5) is 14.0. The van der Waals surface area contributed by atoms with Gasteiger partial charge in [-0.2, -0.15) is 0 Å². The van der Waals surface area contributed by atoms with Gasteiger partial charge in [-0.05, 0) is 29.8 Å². The van der Waals surface area contributed by atoms with Crippen LogP contribution in [-0.2, 0) is 17.8 Å². The molecule has 6 heteroatoms. The molecule has 0 N–H and O–H groups in total. The maximum atomic E-state index is 12.4. The van der Waals surface area contributed by atoms with Crippen molar-refractivity contribution in [2.24, 2.45) is 0 Å². The van der Waals surface area contributed by atoms with Crippen LogP contribution in [0.3, 0.4) is 0 Å². The van der Waals surface area contributed by atoms with Crippen molar-refractivity contribution >= 4 is 5.91 Å². The van der Waals surface area contributed by atoms with Crippen molar-refractivity contribution in [1.82, 2.24) is 15.1 Å². The van der Waals surface area contributed by atoms with Crippen molar-refractivity contribution in [3.63, 3.8) is 0 Å². The van der Waals surface area contributed by atoms with Crippen molar-refractivity contribution in [2.75, 3.05) is 14.2 Å². The third kappa shape index (κ3) is 4.47. The molecule has 1 amide bonds. The molecule has 26 heavy (non-hydrogen) atoms. The molecule has 0 aliphatic heterocycles. The number of amides is 1. The summed E-state index contributed by atoms with van der Waals surface area (Å²) in [7, 11) is 3.41. The van der Waals surface area contributed by atoms with Crippen LogP contribution in [0.2, 0.25) is 0 Å². The van der Waals surface area contributed by atoms with Crippen LogP contribution in [0, 0.1) is 0 Å². The maximum Gasteiger partial charge on any atom is 0.247 e. The van der Waals surface area contributed by atoms with Crippen molar-refractivity contribution in [3.8, 4) is 17.2 Å². The van der Waals surface area contributed by atoms with Gasteiger partial charge in [0.1, 0.15) is 5.75 Å². The van der Waals surface area contributed by atoms with Gasteiger partial charge in [-0.3, -0.25) is 4.79 Å². The Hall–Kier alpha value is -3.15. The minimum absolute atomic E-state index is 0.0206. The average Bonchev–Trinajstić information content (AvgIpc) is 3.16. The Kier molecular flexibility index (Phi) is 5.63. The van der Waals surface area contributed by atoms with E-state index in [1.54, 1.807) is 19.1 Å². The van der Waals surface area contributed by atoms with Gasteiger partial charge < -0.3 is 14.1 Å². The lowest BCUT2D eigenvalue weighted by Gasteiger charge is -2.17. The van der Waals surface area contributed by atoms with E-state index < -0.39 is 0 Å². The molecule has 0 saturated heterocycles. The third-order valence-corrected chi connectivity index (χ3v) is 4.02. The fourth-order valence-electron chi connectivity index (χ4n) is 2.59. The molecule has 0 radical (unpaired) electrons. The Morgan fingerprint density at radius 3 is 2.69 bits per heavy atom. The second-order valence-corrected chi connectivity index (χ2v) is 5.97. The molecule has 0 atom stereocenters. The van der Waals surface area contributed by atoms with E-state index in [4.69, 9.17) is 9.15 Å². The zero-order valence-corrected chi connectivity index (χ0v) is 14.9. The van der Waals surface area contributed by atoms with Gasteiger partial charge in [-0.25, -0.2) is 0 Å². The van der Waals surface area contributed by atoms with E-state index in [0.717, 1.165) is 16.9 Å². The van der Waals surface area contributed by atoms with Gasteiger partial charge in [0.25, 0.3) is 0 Å². The third-order valence-electron chi connectivity index (χ3n) is 4.02. The van der Waals surface area contributed by atoms with E-state index in [2.05, 4.69) is 10.2 Å². The van der Waals surface area contributed by atoms with Gasteiger partial charge in [-0.1, -0.05) is 30.3 Å². The normalized spacial score (nSPS) is 10.5. The highest BCUT2D eigenvalue weighted by atomic mass is 16.5. The summed E-state index contributed by atoms with van der Waals surface area (Å²) in [6.07, 6.45) is 0.734. The van der Waals surface area contributed by atoms with E-state index >= 15 is 0 Å². The van der Waals surface area contributed by atoms with Crippen LogP contribution >= 0.6 is 0 Å². The molecule has 0 bridgehead atoms. The molecule has 0 saturated carbocycles. The number of rotatable bonds is 7. The van der Waals surface area contributed by atoms with Crippen LogP contribution in [0.4, 0.5) is 0 Å². The number of carbonyl (C=O) groups excluding carboxylic acids is 1. The number of benzene rings is 2. The number of aryl methyl sites for hydroxylation is 1. The number of aromatic nitrogens is 2. The Bertz CT molecular complexity index is 862. The van der Waals surface area contributed by atoms with E-state index in [-0.39, 0.29) is 5.91 Å². The highest BCUT2D eigenvalue weighted by Crippen LogP contribution is 2.18. The largest absolute Gasteiger partial charge is 0.497 e. The molecule has 6 nitrogen and oxygen atoms in total. The van der Waals surface area contributed by atoms with E-state index in [1.807, 2.05) is 54.6 Å². The number of ether oxygens (including phenoxy) is 1. The lowest BCUT2D eigenvalue weighted by molar-refractivity contribution is -0.130. The van der Waals surface area contributed by atoms with Crippen molar-refractivity contribution < 1.29 is 13.9 Å². The molecule has 0 fully saturated rings. The van der Waals surface area contributed by atoms with Gasteiger partial charge in [0.05, 0.1) is 7.11 Å². The molecule has 0 aliphatic rings. The van der Waals surface area contributed by atoms with Crippen molar-refractivity contribution in [2.45, 2.75) is 19.4 Å². The maximum absolute atomic E-state index is 12.4. The zero-order chi connectivity index (χ0) is 18.4. The number of hydrogen-bond donors (Lipinski definition) is 0. The molecule has 0 unspecified atom stereocenters.